The van der Waals surface area contributed by atoms with Gasteiger partial charge in [-0.05, 0) is 62.8 Å². The molecule has 2 aromatic carbocycles. The first-order chi connectivity index (χ1) is 18.6. The van der Waals surface area contributed by atoms with E-state index in [1.165, 1.54) is 4.90 Å². The second kappa shape index (κ2) is 9.92. The number of amides is 2. The number of anilines is 1. The Hall–Kier alpha value is -3.49. The van der Waals surface area contributed by atoms with Gasteiger partial charge in [0, 0.05) is 12.2 Å². The van der Waals surface area contributed by atoms with Crippen LogP contribution in [0.2, 0.25) is 0 Å². The average Bonchev–Trinajstić information content (AvgIpc) is 3.48. The highest BCUT2D eigenvalue weighted by molar-refractivity contribution is 6.05. The molecule has 5 rings (SSSR count). The van der Waals surface area contributed by atoms with Crippen LogP contribution in [-0.2, 0) is 25.5 Å². The summed E-state index contributed by atoms with van der Waals surface area (Å²) in [7, 11) is 0. The van der Waals surface area contributed by atoms with Crippen LogP contribution in [0.15, 0.2) is 61.2 Å². The van der Waals surface area contributed by atoms with Gasteiger partial charge in [-0.2, -0.15) is 0 Å². The van der Waals surface area contributed by atoms with Crippen LogP contribution in [0.3, 0.4) is 0 Å². The van der Waals surface area contributed by atoms with Crippen molar-refractivity contribution in [2.75, 3.05) is 18.1 Å². The molecular formula is C31H36N2O6. The largest absolute Gasteiger partial charge is 0.481 e. The smallest absolute Gasteiger partial charge is 0.310 e. The zero-order valence-electron chi connectivity index (χ0n) is 22.7. The van der Waals surface area contributed by atoms with Gasteiger partial charge in [0.2, 0.25) is 5.91 Å². The lowest BCUT2D eigenvalue weighted by Crippen LogP contribution is -2.59. The number of nitrogens with zero attached hydrogens (tertiary/aromatic N) is 2. The van der Waals surface area contributed by atoms with E-state index < -0.39 is 47.0 Å². The molecule has 2 bridgehead atoms. The molecule has 1 spiro atoms. The number of aryl methyl sites for hydroxylation is 2. The first-order valence-electron chi connectivity index (χ1n) is 13.5. The van der Waals surface area contributed by atoms with Gasteiger partial charge in [-0.25, -0.2) is 0 Å². The molecule has 8 nitrogen and oxygen atoms in total. The van der Waals surface area contributed by atoms with Crippen molar-refractivity contribution in [3.8, 4) is 0 Å². The summed E-state index contributed by atoms with van der Waals surface area (Å²) < 4.78 is 6.54. The number of fused-ring (bicyclic) bond motifs is 1. The normalized spacial score (nSPS) is 29.8. The summed E-state index contributed by atoms with van der Waals surface area (Å²) in [4.78, 5) is 44.5. The van der Waals surface area contributed by atoms with Crippen LogP contribution in [0.5, 0.6) is 0 Å². The number of benzene rings is 2. The van der Waals surface area contributed by atoms with E-state index in [0.717, 1.165) is 16.7 Å². The zero-order chi connectivity index (χ0) is 28.1. The number of aliphatic hydroxyl groups excluding tert-OH is 1. The maximum Gasteiger partial charge on any atom is 0.310 e. The van der Waals surface area contributed by atoms with Crippen LogP contribution in [-0.4, -0.2) is 69.3 Å². The monoisotopic (exact) mass is 532 g/mol. The number of carboxylic acids is 1. The van der Waals surface area contributed by atoms with Crippen molar-refractivity contribution in [3.63, 3.8) is 0 Å². The molecule has 8 heteroatoms. The molecule has 206 valence electrons. The molecule has 0 aromatic heterocycles. The molecule has 3 aliphatic heterocycles. The number of aliphatic hydroxyl groups is 1. The molecule has 2 amide bonds. The van der Waals surface area contributed by atoms with Crippen molar-refractivity contribution in [3.05, 3.63) is 77.9 Å². The third-order valence-corrected chi connectivity index (χ3v) is 8.87. The van der Waals surface area contributed by atoms with Crippen molar-refractivity contribution < 1.29 is 29.3 Å². The molecule has 2 N–H and O–H groups in total. The third kappa shape index (κ3) is 4.17. The van der Waals surface area contributed by atoms with Crippen LogP contribution in [0.4, 0.5) is 5.69 Å². The molecular weight excluding hydrogens is 496 g/mol. The Morgan fingerprint density at radius 3 is 2.56 bits per heavy atom. The van der Waals surface area contributed by atoms with Crippen molar-refractivity contribution in [1.29, 1.82) is 0 Å². The van der Waals surface area contributed by atoms with Gasteiger partial charge in [0.15, 0.2) is 0 Å². The lowest BCUT2D eigenvalue weighted by molar-refractivity contribution is -0.155. The van der Waals surface area contributed by atoms with Gasteiger partial charge in [-0.1, -0.05) is 48.5 Å². The summed E-state index contributed by atoms with van der Waals surface area (Å²) in [5.41, 5.74) is 1.11. The van der Waals surface area contributed by atoms with Crippen molar-refractivity contribution in [2.45, 2.75) is 63.3 Å². The van der Waals surface area contributed by atoms with E-state index in [1.54, 1.807) is 17.9 Å². The Bertz CT molecular complexity index is 1310. The first kappa shape index (κ1) is 27.1. The highest BCUT2D eigenvalue weighted by Crippen LogP contribution is 2.63. The number of hydrogen-bond donors (Lipinski definition) is 2. The number of ether oxygens (including phenoxy) is 1. The fourth-order valence-corrected chi connectivity index (χ4v) is 7.14. The summed E-state index contributed by atoms with van der Waals surface area (Å²) >= 11 is 0. The summed E-state index contributed by atoms with van der Waals surface area (Å²) in [5.74, 6) is -4.01. The highest BCUT2D eigenvalue weighted by atomic mass is 16.5. The molecule has 3 fully saturated rings. The number of aliphatic carboxylic acids is 1. The zero-order valence-corrected chi connectivity index (χ0v) is 22.7. The molecule has 3 heterocycles. The molecule has 39 heavy (non-hydrogen) atoms. The van der Waals surface area contributed by atoms with Gasteiger partial charge in [-0.3, -0.25) is 14.4 Å². The Kier molecular flexibility index (Phi) is 6.89. The van der Waals surface area contributed by atoms with Gasteiger partial charge in [0.25, 0.3) is 5.91 Å². The maximum absolute atomic E-state index is 14.7. The van der Waals surface area contributed by atoms with E-state index in [9.17, 15) is 24.6 Å². The molecule has 3 saturated heterocycles. The van der Waals surface area contributed by atoms with E-state index in [4.69, 9.17) is 4.74 Å². The Balaban J connectivity index is 1.65. The number of carboxylic acid groups (broad SMARTS) is 1. The summed E-state index contributed by atoms with van der Waals surface area (Å²) in [6.07, 6.45) is 2.76. The van der Waals surface area contributed by atoms with Gasteiger partial charge >= 0.3 is 5.97 Å². The summed E-state index contributed by atoms with van der Waals surface area (Å²) in [5, 5.41) is 20.8. The van der Waals surface area contributed by atoms with E-state index >= 15 is 0 Å². The van der Waals surface area contributed by atoms with E-state index in [-0.39, 0.29) is 19.1 Å². The Morgan fingerprint density at radius 2 is 1.92 bits per heavy atom. The number of rotatable bonds is 9. The van der Waals surface area contributed by atoms with E-state index in [2.05, 4.69) is 6.58 Å². The van der Waals surface area contributed by atoms with Crippen LogP contribution in [0.25, 0.3) is 0 Å². The standard InChI is InChI=1S/C31H36N2O6/c1-5-15-32(23-16-19(2)11-12-20(23)3)28(36)26-31-14-13-30(4,39-31)25(29(37)38)24(31)27(35)33(26)22(18-34)17-21-9-7-6-8-10-21/h5-12,16,22,24-26,34H,1,13-15,17-18H2,2-4H3,(H,37,38)/t22-,24+,25-,26?,30+,31?/m1/s1. The quantitative estimate of drug-likeness (QED) is 0.480. The number of hydrogen-bond acceptors (Lipinski definition) is 5. The minimum atomic E-state index is -1.30. The molecule has 0 radical (unpaired) electrons. The van der Waals surface area contributed by atoms with Gasteiger partial charge < -0.3 is 24.7 Å². The van der Waals surface area contributed by atoms with Crippen LogP contribution >= 0.6 is 0 Å². The summed E-state index contributed by atoms with van der Waals surface area (Å²) in [6.45, 7) is 9.28. The molecule has 0 saturated carbocycles. The first-order valence-corrected chi connectivity index (χ1v) is 13.5. The second-order valence-electron chi connectivity index (χ2n) is 11.4. The second-order valence-corrected chi connectivity index (χ2v) is 11.4. The molecule has 3 aliphatic rings. The Labute approximate surface area is 228 Å². The fraction of sp³-hybridized carbons (Fsp3) is 0.452. The van der Waals surface area contributed by atoms with Crippen LogP contribution < -0.4 is 4.90 Å². The topological polar surface area (TPSA) is 107 Å². The summed E-state index contributed by atoms with van der Waals surface area (Å²) in [6, 6.07) is 13.5. The predicted octanol–water partition coefficient (Wildman–Crippen LogP) is 3.28. The van der Waals surface area contributed by atoms with E-state index in [0.29, 0.717) is 24.9 Å². The molecule has 6 atom stereocenters. The van der Waals surface area contributed by atoms with Gasteiger partial charge in [0.1, 0.15) is 11.6 Å². The van der Waals surface area contributed by atoms with Gasteiger partial charge in [-0.15, -0.1) is 6.58 Å². The maximum atomic E-state index is 14.7. The number of carbonyl (C=O) groups is 3. The predicted molar refractivity (Wildman–Crippen MR) is 146 cm³/mol. The minimum Gasteiger partial charge on any atom is -0.481 e. The molecule has 2 aromatic rings. The van der Waals surface area contributed by atoms with Crippen LogP contribution in [0, 0.1) is 25.7 Å². The van der Waals surface area contributed by atoms with Crippen molar-refractivity contribution in [2.24, 2.45) is 11.8 Å². The molecule has 2 unspecified atom stereocenters. The van der Waals surface area contributed by atoms with Gasteiger partial charge in [0.05, 0.1) is 30.1 Å². The van der Waals surface area contributed by atoms with Crippen molar-refractivity contribution >= 4 is 23.5 Å². The van der Waals surface area contributed by atoms with Crippen LogP contribution in [0.1, 0.15) is 36.5 Å². The minimum absolute atomic E-state index is 0.199. The number of likely N-dealkylation sites (tertiary alicyclic amines) is 1. The molecule has 0 aliphatic carbocycles. The average molecular weight is 533 g/mol. The van der Waals surface area contributed by atoms with Crippen molar-refractivity contribution in [1.82, 2.24) is 4.90 Å². The third-order valence-electron chi connectivity index (χ3n) is 8.87. The van der Waals surface area contributed by atoms with E-state index in [1.807, 2.05) is 62.4 Å². The fourth-order valence-electron chi connectivity index (χ4n) is 7.14. The lowest BCUT2D eigenvalue weighted by Gasteiger charge is -2.40. The number of carbonyl (C=O) groups excluding carboxylic acids is 2. The highest BCUT2D eigenvalue weighted by Gasteiger charge is 2.78. The Morgan fingerprint density at radius 1 is 1.21 bits per heavy atom. The SMILES string of the molecule is C=CCN(C(=O)C1N([C@@H](CO)Cc2ccccc2)C(=O)[C@@H]2[C@H](C(=O)O)[C@]3(C)CCC12O3)c1cc(C)ccc1C. The lowest BCUT2D eigenvalue weighted by atomic mass is 9.66.